The minimum absolute atomic E-state index is 0.0654. The monoisotopic (exact) mass is 270 g/mol. The standard InChI is InChI=1S/C11H15ClN4O2/c12-3-1-2-10(17)15-6-7-16-11(18)9-8-13-4-5-14-9/h4-5,8H,1-3,6-7H2,(H,15,17)(H,16,18). The first-order chi connectivity index (χ1) is 8.74. The summed E-state index contributed by atoms with van der Waals surface area (Å²) in [5.74, 6) is 0.0964. The van der Waals surface area contributed by atoms with Crippen LogP contribution in [-0.4, -0.2) is 40.8 Å². The summed E-state index contributed by atoms with van der Waals surface area (Å²) in [6, 6.07) is 0. The predicted molar refractivity (Wildman–Crippen MR) is 67.3 cm³/mol. The van der Waals surface area contributed by atoms with Gasteiger partial charge in [-0.2, -0.15) is 0 Å². The Bertz CT molecular complexity index is 386. The van der Waals surface area contributed by atoms with Crippen molar-refractivity contribution in [3.63, 3.8) is 0 Å². The van der Waals surface area contributed by atoms with Crippen molar-refractivity contribution in [2.45, 2.75) is 12.8 Å². The van der Waals surface area contributed by atoms with E-state index in [9.17, 15) is 9.59 Å². The number of halogens is 1. The van der Waals surface area contributed by atoms with E-state index in [1.807, 2.05) is 0 Å². The van der Waals surface area contributed by atoms with Crippen LogP contribution in [0.15, 0.2) is 18.6 Å². The zero-order valence-electron chi connectivity index (χ0n) is 9.86. The second kappa shape index (κ2) is 8.41. The SMILES string of the molecule is O=C(CCCCl)NCCNC(=O)c1cnccn1. The number of alkyl halides is 1. The van der Waals surface area contributed by atoms with Crippen molar-refractivity contribution in [1.29, 1.82) is 0 Å². The third-order valence-electron chi connectivity index (χ3n) is 2.07. The highest BCUT2D eigenvalue weighted by Crippen LogP contribution is 1.91. The highest BCUT2D eigenvalue weighted by atomic mass is 35.5. The van der Waals surface area contributed by atoms with Gasteiger partial charge >= 0.3 is 0 Å². The van der Waals surface area contributed by atoms with Crippen molar-refractivity contribution in [3.8, 4) is 0 Å². The first-order valence-electron chi connectivity index (χ1n) is 5.61. The molecule has 98 valence electrons. The van der Waals surface area contributed by atoms with Crippen LogP contribution in [0.4, 0.5) is 0 Å². The van der Waals surface area contributed by atoms with Gasteiger partial charge in [-0.1, -0.05) is 0 Å². The maximum atomic E-state index is 11.5. The fraction of sp³-hybridized carbons (Fsp3) is 0.455. The zero-order valence-corrected chi connectivity index (χ0v) is 10.6. The highest BCUT2D eigenvalue weighted by molar-refractivity contribution is 6.17. The van der Waals surface area contributed by atoms with E-state index in [2.05, 4.69) is 20.6 Å². The maximum Gasteiger partial charge on any atom is 0.271 e. The number of rotatable bonds is 7. The van der Waals surface area contributed by atoms with Crippen molar-refractivity contribution in [2.24, 2.45) is 0 Å². The van der Waals surface area contributed by atoms with Crippen molar-refractivity contribution in [3.05, 3.63) is 24.3 Å². The van der Waals surface area contributed by atoms with Gasteiger partial charge in [0.2, 0.25) is 5.91 Å². The summed E-state index contributed by atoms with van der Waals surface area (Å²) >= 11 is 5.47. The number of nitrogens with zero attached hydrogens (tertiary/aromatic N) is 2. The lowest BCUT2D eigenvalue weighted by Gasteiger charge is -2.06. The summed E-state index contributed by atoms with van der Waals surface area (Å²) < 4.78 is 0. The van der Waals surface area contributed by atoms with Crippen LogP contribution in [0.2, 0.25) is 0 Å². The Kier molecular flexibility index (Phi) is 6.71. The molecule has 0 aromatic carbocycles. The van der Waals surface area contributed by atoms with E-state index in [-0.39, 0.29) is 17.5 Å². The van der Waals surface area contributed by atoms with E-state index >= 15 is 0 Å². The Morgan fingerprint density at radius 3 is 2.67 bits per heavy atom. The lowest BCUT2D eigenvalue weighted by Crippen LogP contribution is -2.34. The summed E-state index contributed by atoms with van der Waals surface area (Å²) in [6.07, 6.45) is 5.38. The van der Waals surface area contributed by atoms with Crippen molar-refractivity contribution in [1.82, 2.24) is 20.6 Å². The van der Waals surface area contributed by atoms with Crippen molar-refractivity contribution < 1.29 is 9.59 Å². The molecule has 0 aliphatic heterocycles. The minimum atomic E-state index is -0.307. The Morgan fingerprint density at radius 2 is 2.00 bits per heavy atom. The van der Waals surface area contributed by atoms with Crippen molar-refractivity contribution in [2.75, 3.05) is 19.0 Å². The molecule has 0 bridgehead atoms. The molecule has 0 unspecified atom stereocenters. The first-order valence-corrected chi connectivity index (χ1v) is 6.14. The van der Waals surface area contributed by atoms with Crippen LogP contribution in [0.5, 0.6) is 0 Å². The molecule has 1 rings (SSSR count). The van der Waals surface area contributed by atoms with Gasteiger partial charge < -0.3 is 10.6 Å². The Hall–Kier alpha value is -1.69. The third-order valence-corrected chi connectivity index (χ3v) is 2.33. The number of hydrogen-bond acceptors (Lipinski definition) is 4. The molecule has 2 N–H and O–H groups in total. The van der Waals surface area contributed by atoms with Gasteiger partial charge in [0.05, 0.1) is 6.20 Å². The van der Waals surface area contributed by atoms with Gasteiger partial charge in [-0.05, 0) is 6.42 Å². The molecular weight excluding hydrogens is 256 g/mol. The van der Waals surface area contributed by atoms with Crippen LogP contribution in [0.25, 0.3) is 0 Å². The molecular formula is C11H15ClN4O2. The molecule has 1 heterocycles. The number of carbonyl (C=O) groups is 2. The number of nitrogens with one attached hydrogen (secondary N) is 2. The molecule has 0 saturated carbocycles. The van der Waals surface area contributed by atoms with Gasteiger partial charge in [0.1, 0.15) is 5.69 Å². The van der Waals surface area contributed by atoms with Crippen LogP contribution < -0.4 is 10.6 Å². The molecule has 0 fully saturated rings. The molecule has 0 aliphatic rings. The van der Waals surface area contributed by atoms with Gasteiger partial charge in [-0.15, -0.1) is 11.6 Å². The normalized spacial score (nSPS) is 9.83. The Balaban J connectivity index is 2.15. The number of aromatic nitrogens is 2. The first kappa shape index (κ1) is 14.4. The van der Waals surface area contributed by atoms with Crippen LogP contribution >= 0.6 is 11.6 Å². The summed E-state index contributed by atoms with van der Waals surface area (Å²) in [4.78, 5) is 30.4. The van der Waals surface area contributed by atoms with E-state index in [4.69, 9.17) is 11.6 Å². The number of carbonyl (C=O) groups excluding carboxylic acids is 2. The molecule has 0 spiro atoms. The molecule has 18 heavy (non-hydrogen) atoms. The predicted octanol–water partition coefficient (Wildman–Crippen LogP) is 0.342. The molecule has 2 amide bonds. The van der Waals surface area contributed by atoms with Crippen LogP contribution in [0, 0.1) is 0 Å². The van der Waals surface area contributed by atoms with E-state index in [1.54, 1.807) is 0 Å². The van der Waals surface area contributed by atoms with Gasteiger partial charge in [0, 0.05) is 37.8 Å². The molecule has 0 saturated heterocycles. The van der Waals surface area contributed by atoms with Crippen LogP contribution in [0.1, 0.15) is 23.3 Å². The third kappa shape index (κ3) is 5.58. The van der Waals surface area contributed by atoms with Crippen LogP contribution in [0.3, 0.4) is 0 Å². The summed E-state index contributed by atoms with van der Waals surface area (Å²) in [5.41, 5.74) is 0.256. The largest absolute Gasteiger partial charge is 0.354 e. The fourth-order valence-corrected chi connectivity index (χ4v) is 1.33. The van der Waals surface area contributed by atoms with E-state index < -0.39 is 0 Å². The average Bonchev–Trinajstić information content (AvgIpc) is 2.42. The minimum Gasteiger partial charge on any atom is -0.354 e. The lowest BCUT2D eigenvalue weighted by molar-refractivity contribution is -0.121. The Morgan fingerprint density at radius 1 is 1.22 bits per heavy atom. The van der Waals surface area contributed by atoms with Gasteiger partial charge in [0.15, 0.2) is 0 Å². The molecule has 7 heteroatoms. The lowest BCUT2D eigenvalue weighted by atomic mass is 10.3. The maximum absolute atomic E-state index is 11.5. The topological polar surface area (TPSA) is 84.0 Å². The molecule has 0 aliphatic carbocycles. The van der Waals surface area contributed by atoms with Gasteiger partial charge in [0.25, 0.3) is 5.91 Å². The highest BCUT2D eigenvalue weighted by Gasteiger charge is 2.05. The molecule has 0 atom stereocenters. The molecule has 6 nitrogen and oxygen atoms in total. The quantitative estimate of drug-likeness (QED) is 0.553. The zero-order chi connectivity index (χ0) is 13.2. The average molecular weight is 271 g/mol. The molecule has 1 aromatic heterocycles. The Labute approximate surface area is 110 Å². The van der Waals surface area contributed by atoms with Crippen molar-refractivity contribution >= 4 is 23.4 Å². The van der Waals surface area contributed by atoms with Gasteiger partial charge in [-0.3, -0.25) is 14.6 Å². The molecule has 1 aromatic rings. The van der Waals surface area contributed by atoms with E-state index in [1.165, 1.54) is 18.6 Å². The number of amides is 2. The van der Waals surface area contributed by atoms with Gasteiger partial charge in [-0.25, -0.2) is 4.98 Å². The second-order valence-electron chi connectivity index (χ2n) is 3.49. The smallest absolute Gasteiger partial charge is 0.271 e. The number of hydrogen-bond donors (Lipinski definition) is 2. The second-order valence-corrected chi connectivity index (χ2v) is 3.87. The van der Waals surface area contributed by atoms with Crippen LogP contribution in [-0.2, 0) is 4.79 Å². The fourth-order valence-electron chi connectivity index (χ4n) is 1.20. The summed E-state index contributed by atoms with van der Waals surface area (Å²) in [5, 5.41) is 5.30. The van der Waals surface area contributed by atoms with E-state index in [0.717, 1.165) is 0 Å². The van der Waals surface area contributed by atoms with E-state index in [0.29, 0.717) is 31.8 Å². The summed E-state index contributed by atoms with van der Waals surface area (Å²) in [7, 11) is 0. The summed E-state index contributed by atoms with van der Waals surface area (Å²) in [6.45, 7) is 0.731. The molecule has 0 radical (unpaired) electrons.